The van der Waals surface area contributed by atoms with Crippen molar-refractivity contribution in [3.8, 4) is 0 Å². The summed E-state index contributed by atoms with van der Waals surface area (Å²) in [6.07, 6.45) is -1.08. The molecule has 0 saturated carbocycles. The van der Waals surface area contributed by atoms with Crippen LogP contribution in [0.2, 0.25) is 0 Å². The second-order valence-electron chi connectivity index (χ2n) is 7.18. The van der Waals surface area contributed by atoms with Crippen LogP contribution in [-0.2, 0) is 24.7 Å². The number of nitrogens with one attached hydrogen (secondary N) is 1. The standard InChI is InChI=1S/C22H23N3O5/c1-15(19(27)24(3)17-12-8-5-9-13-17)30-18(26)14-25-20(28)22(2,23-21(25)29)16-10-6-4-7-11-16/h4-13,15H,14H2,1-3H3,(H,23,29)/t15-,22+/m1/s1. The molecule has 1 heterocycles. The Balaban J connectivity index is 1.64. The van der Waals surface area contributed by atoms with Gasteiger partial charge in [-0.1, -0.05) is 48.5 Å². The van der Waals surface area contributed by atoms with Crippen LogP contribution in [0, 0.1) is 0 Å². The molecule has 2 atom stereocenters. The smallest absolute Gasteiger partial charge is 0.327 e. The number of carbonyl (C=O) groups is 4. The number of para-hydroxylation sites is 1. The molecule has 1 N–H and O–H groups in total. The molecule has 1 fully saturated rings. The molecular formula is C22H23N3O5. The number of carbonyl (C=O) groups excluding carboxylic acids is 4. The van der Waals surface area contributed by atoms with Gasteiger partial charge in [0.05, 0.1) is 0 Å². The number of urea groups is 1. The molecule has 3 rings (SSSR count). The molecule has 8 nitrogen and oxygen atoms in total. The molecule has 0 aliphatic carbocycles. The monoisotopic (exact) mass is 409 g/mol. The number of hydrogen-bond donors (Lipinski definition) is 1. The summed E-state index contributed by atoms with van der Waals surface area (Å²) in [5.41, 5.74) is -0.0153. The second-order valence-corrected chi connectivity index (χ2v) is 7.18. The van der Waals surface area contributed by atoms with E-state index < -0.39 is 42.0 Å². The summed E-state index contributed by atoms with van der Waals surface area (Å²) in [6.45, 7) is 2.44. The number of rotatable bonds is 6. The molecule has 2 aromatic carbocycles. The Bertz CT molecular complexity index is 963. The van der Waals surface area contributed by atoms with Gasteiger partial charge in [0.1, 0.15) is 12.1 Å². The number of nitrogens with zero attached hydrogens (tertiary/aromatic N) is 2. The lowest BCUT2D eigenvalue weighted by Crippen LogP contribution is -2.43. The fraction of sp³-hybridized carbons (Fsp3) is 0.273. The van der Waals surface area contributed by atoms with Crippen molar-refractivity contribution in [1.82, 2.24) is 10.2 Å². The van der Waals surface area contributed by atoms with E-state index in [4.69, 9.17) is 4.74 Å². The van der Waals surface area contributed by atoms with Crippen LogP contribution in [0.1, 0.15) is 19.4 Å². The van der Waals surface area contributed by atoms with Crippen molar-refractivity contribution in [1.29, 1.82) is 0 Å². The van der Waals surface area contributed by atoms with Crippen LogP contribution >= 0.6 is 0 Å². The first-order chi connectivity index (χ1) is 14.2. The van der Waals surface area contributed by atoms with Crippen LogP contribution in [0.4, 0.5) is 10.5 Å². The minimum absolute atomic E-state index is 0.430. The van der Waals surface area contributed by atoms with E-state index in [1.807, 2.05) is 6.07 Å². The molecule has 1 aliphatic rings. The first kappa shape index (κ1) is 21.0. The molecule has 30 heavy (non-hydrogen) atoms. The fourth-order valence-corrected chi connectivity index (χ4v) is 3.27. The Morgan fingerprint density at radius 1 is 1.07 bits per heavy atom. The first-order valence-electron chi connectivity index (χ1n) is 9.46. The van der Waals surface area contributed by atoms with Crippen molar-refractivity contribution >= 4 is 29.5 Å². The summed E-state index contributed by atoms with van der Waals surface area (Å²) >= 11 is 0. The number of likely N-dealkylation sites (N-methyl/N-ethyl adjacent to an activating group) is 1. The van der Waals surface area contributed by atoms with Gasteiger partial charge in [0.15, 0.2) is 6.10 Å². The number of anilines is 1. The molecule has 0 aromatic heterocycles. The molecule has 156 valence electrons. The van der Waals surface area contributed by atoms with Gasteiger partial charge in [-0.3, -0.25) is 19.3 Å². The number of imide groups is 1. The van der Waals surface area contributed by atoms with Crippen molar-refractivity contribution in [2.75, 3.05) is 18.5 Å². The Labute approximate surface area is 174 Å². The van der Waals surface area contributed by atoms with E-state index in [2.05, 4.69) is 5.32 Å². The van der Waals surface area contributed by atoms with Crippen LogP contribution in [0.5, 0.6) is 0 Å². The number of ether oxygens (including phenoxy) is 1. The zero-order chi connectivity index (χ0) is 21.9. The third kappa shape index (κ3) is 4.03. The highest BCUT2D eigenvalue weighted by molar-refractivity contribution is 6.09. The Morgan fingerprint density at radius 2 is 1.63 bits per heavy atom. The molecule has 2 aromatic rings. The minimum atomic E-state index is -1.27. The van der Waals surface area contributed by atoms with E-state index >= 15 is 0 Å². The topological polar surface area (TPSA) is 96.0 Å². The highest BCUT2D eigenvalue weighted by Crippen LogP contribution is 2.28. The lowest BCUT2D eigenvalue weighted by Gasteiger charge is -2.23. The largest absolute Gasteiger partial charge is 0.451 e. The highest BCUT2D eigenvalue weighted by Gasteiger charge is 2.49. The Hall–Kier alpha value is -3.68. The van der Waals surface area contributed by atoms with Crippen LogP contribution in [-0.4, -0.2) is 48.4 Å². The van der Waals surface area contributed by atoms with Crippen LogP contribution < -0.4 is 10.2 Å². The summed E-state index contributed by atoms with van der Waals surface area (Å²) in [5, 5.41) is 2.62. The summed E-state index contributed by atoms with van der Waals surface area (Å²) in [4.78, 5) is 52.2. The predicted octanol–water partition coefficient (Wildman–Crippen LogP) is 2.05. The highest BCUT2D eigenvalue weighted by atomic mass is 16.5. The molecule has 0 unspecified atom stereocenters. The lowest BCUT2D eigenvalue weighted by atomic mass is 9.92. The van der Waals surface area contributed by atoms with Crippen molar-refractivity contribution in [3.05, 3.63) is 66.2 Å². The number of amides is 4. The maximum absolute atomic E-state index is 12.8. The number of benzene rings is 2. The van der Waals surface area contributed by atoms with Crippen LogP contribution in [0.15, 0.2) is 60.7 Å². The van der Waals surface area contributed by atoms with Gasteiger partial charge in [0.2, 0.25) is 0 Å². The zero-order valence-corrected chi connectivity index (χ0v) is 17.0. The van der Waals surface area contributed by atoms with Crippen molar-refractivity contribution in [2.24, 2.45) is 0 Å². The Morgan fingerprint density at radius 3 is 2.23 bits per heavy atom. The number of esters is 1. The van der Waals surface area contributed by atoms with E-state index in [9.17, 15) is 19.2 Å². The SMILES string of the molecule is C[C@@H](OC(=O)CN1C(=O)N[C@@](C)(c2ccccc2)C1=O)C(=O)N(C)c1ccccc1. The molecule has 1 aliphatic heterocycles. The van der Waals surface area contributed by atoms with Crippen molar-refractivity contribution in [3.63, 3.8) is 0 Å². The van der Waals surface area contributed by atoms with Crippen molar-refractivity contribution in [2.45, 2.75) is 25.5 Å². The average Bonchev–Trinajstić information content (AvgIpc) is 2.97. The molecule has 0 radical (unpaired) electrons. The van der Waals surface area contributed by atoms with Crippen molar-refractivity contribution < 1.29 is 23.9 Å². The van der Waals surface area contributed by atoms with Gasteiger partial charge in [-0.25, -0.2) is 4.79 Å². The van der Waals surface area contributed by atoms with Crippen LogP contribution in [0.25, 0.3) is 0 Å². The first-order valence-corrected chi connectivity index (χ1v) is 9.46. The zero-order valence-electron chi connectivity index (χ0n) is 17.0. The van der Waals surface area contributed by atoms with Gasteiger partial charge < -0.3 is 15.0 Å². The minimum Gasteiger partial charge on any atom is -0.451 e. The normalized spacial score (nSPS) is 19.2. The van der Waals surface area contributed by atoms with E-state index in [-0.39, 0.29) is 0 Å². The van der Waals surface area contributed by atoms with Gasteiger partial charge in [-0.2, -0.15) is 0 Å². The quantitative estimate of drug-likeness (QED) is 0.582. The molecule has 1 saturated heterocycles. The second kappa shape index (κ2) is 8.36. The molecule has 0 spiro atoms. The maximum Gasteiger partial charge on any atom is 0.327 e. The average molecular weight is 409 g/mol. The van der Waals surface area contributed by atoms with Gasteiger partial charge in [-0.15, -0.1) is 0 Å². The van der Waals surface area contributed by atoms with Crippen LogP contribution in [0.3, 0.4) is 0 Å². The van der Waals surface area contributed by atoms with E-state index in [0.717, 1.165) is 4.90 Å². The summed E-state index contributed by atoms with van der Waals surface area (Å²) in [5.74, 6) is -1.84. The number of hydrogen-bond acceptors (Lipinski definition) is 5. The molecule has 4 amide bonds. The third-order valence-electron chi connectivity index (χ3n) is 5.04. The van der Waals surface area contributed by atoms with Gasteiger partial charge in [0, 0.05) is 12.7 Å². The third-order valence-corrected chi connectivity index (χ3v) is 5.04. The van der Waals surface area contributed by atoms with Gasteiger partial charge in [-0.05, 0) is 31.5 Å². The summed E-state index contributed by atoms with van der Waals surface area (Å²) in [6, 6.07) is 17.0. The fourth-order valence-electron chi connectivity index (χ4n) is 3.27. The lowest BCUT2D eigenvalue weighted by molar-refractivity contribution is -0.155. The van der Waals surface area contributed by atoms with E-state index in [0.29, 0.717) is 11.3 Å². The maximum atomic E-state index is 12.8. The van der Waals surface area contributed by atoms with Gasteiger partial charge >= 0.3 is 12.0 Å². The van der Waals surface area contributed by atoms with E-state index in [1.54, 1.807) is 68.6 Å². The molecular weight excluding hydrogens is 386 g/mol. The molecule has 8 heteroatoms. The summed E-state index contributed by atoms with van der Waals surface area (Å²) < 4.78 is 5.18. The van der Waals surface area contributed by atoms with Gasteiger partial charge in [0.25, 0.3) is 11.8 Å². The molecule has 0 bridgehead atoms. The predicted molar refractivity (Wildman–Crippen MR) is 109 cm³/mol. The summed E-state index contributed by atoms with van der Waals surface area (Å²) in [7, 11) is 1.57. The van der Waals surface area contributed by atoms with E-state index in [1.165, 1.54) is 11.8 Å². The Kier molecular flexibility index (Phi) is 5.86.